The van der Waals surface area contributed by atoms with E-state index in [1.165, 1.54) is 26.8 Å². The van der Waals surface area contributed by atoms with Gasteiger partial charge in [0.05, 0.1) is 5.69 Å². The van der Waals surface area contributed by atoms with Gasteiger partial charge in [-0.3, -0.25) is 0 Å². The second-order valence-electron chi connectivity index (χ2n) is 9.06. The van der Waals surface area contributed by atoms with E-state index in [0.717, 1.165) is 30.2 Å². The summed E-state index contributed by atoms with van der Waals surface area (Å²) >= 11 is 1.80. The number of hydrogen-bond donors (Lipinski definition) is 2. The molecule has 2 N–H and O–H groups in total. The minimum absolute atomic E-state index is 0.393. The third kappa shape index (κ3) is 6.38. The highest BCUT2D eigenvalue weighted by Crippen LogP contribution is 2.36. The Morgan fingerprint density at radius 2 is 1.76 bits per heavy atom. The molecular formula is C28H28N4O4S. The van der Waals surface area contributed by atoms with Crippen LogP contribution in [0.15, 0.2) is 72.1 Å². The molecule has 37 heavy (non-hydrogen) atoms. The third-order valence-corrected chi connectivity index (χ3v) is 7.00. The van der Waals surface area contributed by atoms with Gasteiger partial charge in [-0.1, -0.05) is 18.2 Å². The molecule has 0 fully saturated rings. The lowest BCUT2D eigenvalue weighted by molar-refractivity contribution is -0.134. The number of carboxylic acids is 2. The van der Waals surface area contributed by atoms with Gasteiger partial charge in [0.15, 0.2) is 5.82 Å². The normalized spacial score (nSPS) is 15.2. The fourth-order valence-electron chi connectivity index (χ4n) is 4.35. The first-order valence-electron chi connectivity index (χ1n) is 11.6. The first-order valence-corrected chi connectivity index (χ1v) is 12.5. The predicted octanol–water partition coefficient (Wildman–Crippen LogP) is 4.71. The molecule has 8 nitrogen and oxygen atoms in total. The van der Waals surface area contributed by atoms with Gasteiger partial charge in [-0.2, -0.15) is 0 Å². The van der Waals surface area contributed by atoms with E-state index in [4.69, 9.17) is 10.2 Å². The van der Waals surface area contributed by atoms with Gasteiger partial charge in [-0.15, -0.1) is 21.5 Å². The van der Waals surface area contributed by atoms with Gasteiger partial charge < -0.3 is 20.0 Å². The zero-order chi connectivity index (χ0) is 26.5. The number of aliphatic carboxylic acids is 2. The summed E-state index contributed by atoms with van der Waals surface area (Å²) in [7, 11) is 6.16. The van der Waals surface area contributed by atoms with Crippen molar-refractivity contribution >= 4 is 39.2 Å². The number of benzene rings is 2. The van der Waals surface area contributed by atoms with Crippen LogP contribution in [0.3, 0.4) is 0 Å². The highest BCUT2D eigenvalue weighted by molar-refractivity contribution is 7.17. The van der Waals surface area contributed by atoms with Gasteiger partial charge in [0.25, 0.3) is 0 Å². The average molecular weight is 517 g/mol. The minimum atomic E-state index is -1.26. The maximum atomic E-state index is 9.55. The van der Waals surface area contributed by atoms with Crippen molar-refractivity contribution in [2.24, 2.45) is 0 Å². The van der Waals surface area contributed by atoms with E-state index in [1.807, 2.05) is 25.1 Å². The van der Waals surface area contributed by atoms with Crippen LogP contribution in [0.4, 0.5) is 5.82 Å². The molecule has 3 heterocycles. The van der Waals surface area contributed by atoms with Crippen molar-refractivity contribution in [3.8, 4) is 11.3 Å². The third-order valence-electron chi connectivity index (χ3n) is 6.10. The smallest absolute Gasteiger partial charge is 0.328 e. The van der Waals surface area contributed by atoms with Crippen LogP contribution in [-0.4, -0.2) is 64.9 Å². The van der Waals surface area contributed by atoms with E-state index < -0.39 is 11.9 Å². The molecule has 1 aliphatic heterocycles. The quantitative estimate of drug-likeness (QED) is 0.367. The topological polar surface area (TPSA) is 107 Å². The highest BCUT2D eigenvalue weighted by atomic mass is 32.1. The Balaban J connectivity index is 0.000000349. The molecule has 2 aromatic carbocycles. The highest BCUT2D eigenvalue weighted by Gasteiger charge is 2.25. The van der Waals surface area contributed by atoms with Gasteiger partial charge in [-0.05, 0) is 70.9 Å². The molecule has 9 heteroatoms. The molecule has 1 atom stereocenters. The summed E-state index contributed by atoms with van der Waals surface area (Å²) in [6, 6.07) is 20.0. The summed E-state index contributed by atoms with van der Waals surface area (Å²) < 4.78 is 1.35. The second-order valence-corrected chi connectivity index (χ2v) is 10.0. The van der Waals surface area contributed by atoms with Gasteiger partial charge in [0, 0.05) is 55.5 Å². The Bertz CT molecular complexity index is 1430. The standard InChI is InChI=1S/C24H24N4S.C4H4O4/c1-27(2)24-9-7-22(25-26-24)17-4-6-20-19(13-17)14-28(3)15-21(20)16-5-8-23-18(12-16)10-11-29-23;5-3(6)1-2-4(7)8/h4-13,21H,14-15H2,1-3H3;1-2H,(H,5,6)(H,7,8)/b;2-1+. The lowest BCUT2D eigenvalue weighted by Gasteiger charge is -2.33. The predicted molar refractivity (Wildman–Crippen MR) is 146 cm³/mol. The molecule has 0 amide bonds. The molecule has 0 saturated heterocycles. The number of rotatable bonds is 5. The van der Waals surface area contributed by atoms with E-state index in [-0.39, 0.29) is 0 Å². The fraction of sp³-hybridized carbons (Fsp3) is 0.214. The summed E-state index contributed by atoms with van der Waals surface area (Å²) in [4.78, 5) is 23.5. The average Bonchev–Trinajstić information content (AvgIpc) is 3.35. The van der Waals surface area contributed by atoms with Gasteiger partial charge in [0.2, 0.25) is 0 Å². The maximum Gasteiger partial charge on any atom is 0.328 e. The lowest BCUT2D eigenvalue weighted by Crippen LogP contribution is -2.31. The van der Waals surface area contributed by atoms with Crippen LogP contribution in [-0.2, 0) is 16.1 Å². The molecule has 4 aromatic rings. The lowest BCUT2D eigenvalue weighted by atomic mass is 9.83. The summed E-state index contributed by atoms with van der Waals surface area (Å²) in [5, 5.41) is 27.9. The van der Waals surface area contributed by atoms with Crippen molar-refractivity contribution in [1.82, 2.24) is 15.1 Å². The molecule has 2 aromatic heterocycles. The summed E-state index contributed by atoms with van der Waals surface area (Å²) in [6.45, 7) is 2.00. The van der Waals surface area contributed by atoms with Crippen molar-refractivity contribution in [1.29, 1.82) is 0 Å². The van der Waals surface area contributed by atoms with Crippen LogP contribution in [0.1, 0.15) is 22.6 Å². The maximum absolute atomic E-state index is 9.55. The molecular weight excluding hydrogens is 488 g/mol. The Kier molecular flexibility index (Phi) is 7.95. The van der Waals surface area contributed by atoms with E-state index in [0.29, 0.717) is 18.1 Å². The number of likely N-dealkylation sites (N-methyl/N-ethyl adjacent to an activating group) is 1. The molecule has 0 radical (unpaired) electrons. The van der Waals surface area contributed by atoms with E-state index in [9.17, 15) is 9.59 Å². The second kappa shape index (κ2) is 11.3. The molecule has 190 valence electrons. The Morgan fingerprint density at radius 1 is 1.00 bits per heavy atom. The minimum Gasteiger partial charge on any atom is -0.478 e. The van der Waals surface area contributed by atoms with Crippen LogP contribution >= 0.6 is 11.3 Å². The Morgan fingerprint density at radius 3 is 2.41 bits per heavy atom. The zero-order valence-electron chi connectivity index (χ0n) is 20.8. The van der Waals surface area contributed by atoms with Gasteiger partial charge in [-0.25, -0.2) is 9.59 Å². The van der Waals surface area contributed by atoms with Crippen molar-refractivity contribution in [3.63, 3.8) is 0 Å². The molecule has 0 bridgehead atoms. The van der Waals surface area contributed by atoms with Crippen molar-refractivity contribution in [3.05, 3.63) is 88.8 Å². The summed E-state index contributed by atoms with van der Waals surface area (Å²) in [5.41, 5.74) is 6.25. The van der Waals surface area contributed by atoms with Gasteiger partial charge in [0.1, 0.15) is 0 Å². The monoisotopic (exact) mass is 516 g/mol. The Labute approximate surface area is 219 Å². The van der Waals surface area contributed by atoms with Crippen LogP contribution in [0, 0.1) is 0 Å². The van der Waals surface area contributed by atoms with Crippen LogP contribution in [0.5, 0.6) is 0 Å². The SMILES string of the molecule is CN1Cc2cc(-c3ccc(N(C)C)nn3)ccc2C(c2ccc3sccc3c2)C1.O=C(O)/C=C/C(=O)O. The van der Waals surface area contributed by atoms with Crippen LogP contribution in [0.2, 0.25) is 0 Å². The number of nitrogens with zero attached hydrogens (tertiary/aromatic N) is 4. The fourth-order valence-corrected chi connectivity index (χ4v) is 5.13. The van der Waals surface area contributed by atoms with Crippen molar-refractivity contribution in [2.75, 3.05) is 32.6 Å². The van der Waals surface area contributed by atoms with E-state index >= 15 is 0 Å². The molecule has 0 spiro atoms. The van der Waals surface area contributed by atoms with Gasteiger partial charge >= 0.3 is 11.9 Å². The van der Waals surface area contributed by atoms with Crippen molar-refractivity contribution in [2.45, 2.75) is 12.5 Å². The first kappa shape index (κ1) is 26.0. The van der Waals surface area contributed by atoms with Crippen molar-refractivity contribution < 1.29 is 19.8 Å². The zero-order valence-corrected chi connectivity index (χ0v) is 21.6. The summed E-state index contributed by atoms with van der Waals surface area (Å²) in [6.07, 6.45) is 1.12. The molecule has 1 aliphatic rings. The number of anilines is 1. The van der Waals surface area contributed by atoms with E-state index in [2.05, 4.69) is 76.1 Å². The molecule has 0 aliphatic carbocycles. The number of carboxylic acid groups (broad SMARTS) is 2. The number of hydrogen-bond acceptors (Lipinski definition) is 7. The first-order chi connectivity index (χ1) is 17.7. The van der Waals surface area contributed by atoms with Crippen LogP contribution in [0.25, 0.3) is 21.3 Å². The number of aromatic nitrogens is 2. The number of thiophene rings is 1. The number of carbonyl (C=O) groups is 2. The summed E-state index contributed by atoms with van der Waals surface area (Å²) in [5.74, 6) is -1.25. The van der Waals surface area contributed by atoms with E-state index in [1.54, 1.807) is 11.3 Å². The van der Waals surface area contributed by atoms with Crippen LogP contribution < -0.4 is 4.90 Å². The molecule has 1 unspecified atom stereocenters. The Hall–Kier alpha value is -4.08. The molecule has 5 rings (SSSR count). The molecule has 0 saturated carbocycles. The number of fused-ring (bicyclic) bond motifs is 2. The largest absolute Gasteiger partial charge is 0.478 e.